The van der Waals surface area contributed by atoms with Crippen LogP contribution in [0.15, 0.2) is 24.3 Å². The van der Waals surface area contributed by atoms with Crippen LogP contribution >= 0.6 is 23.2 Å². The number of fused-ring (bicyclic) bond motifs is 2. The molecule has 11 heteroatoms. The normalized spacial score (nSPS) is 27.5. The minimum Gasteiger partial charge on any atom is -0.363 e. The molecule has 0 radical (unpaired) electrons. The molecule has 0 spiro atoms. The lowest BCUT2D eigenvalue weighted by atomic mass is 9.88. The van der Waals surface area contributed by atoms with Crippen molar-refractivity contribution in [3.05, 3.63) is 35.4 Å². The molecule has 3 saturated carbocycles. The third kappa shape index (κ3) is 6.30. The average Bonchev–Trinajstić information content (AvgIpc) is 3.73. The van der Waals surface area contributed by atoms with Crippen molar-refractivity contribution in [2.24, 2.45) is 35.3 Å². The number of likely N-dealkylation sites (tertiary alicyclic amines) is 1. The van der Waals surface area contributed by atoms with E-state index in [9.17, 15) is 24.0 Å². The van der Waals surface area contributed by atoms with E-state index in [1.54, 1.807) is 0 Å². The zero-order valence-electron chi connectivity index (χ0n) is 24.2. The molecule has 5 aliphatic rings. The Balaban J connectivity index is 1.23. The maximum atomic E-state index is 14.4. The van der Waals surface area contributed by atoms with E-state index in [2.05, 4.69) is 10.6 Å². The number of ketones is 2. The molecule has 1 aromatic rings. The zero-order chi connectivity index (χ0) is 30.5. The van der Waals surface area contributed by atoms with Crippen molar-refractivity contribution in [2.75, 3.05) is 6.54 Å². The van der Waals surface area contributed by atoms with E-state index >= 15 is 0 Å². The van der Waals surface area contributed by atoms with Crippen LogP contribution in [0.5, 0.6) is 0 Å². The van der Waals surface area contributed by atoms with E-state index in [-0.39, 0.29) is 54.5 Å². The number of carbonyl (C=O) groups is 5. The predicted octanol–water partition coefficient (Wildman–Crippen LogP) is 3.46. The second kappa shape index (κ2) is 12.0. The lowest BCUT2D eigenvalue weighted by Crippen LogP contribution is -2.59. The second-order valence-electron chi connectivity index (χ2n) is 13.4. The van der Waals surface area contributed by atoms with Gasteiger partial charge in [0.05, 0.1) is 6.04 Å². The highest BCUT2D eigenvalue weighted by molar-refractivity contribution is 6.51. The van der Waals surface area contributed by atoms with Gasteiger partial charge in [0, 0.05) is 36.8 Å². The number of benzene rings is 1. The number of piperidine rings is 1. The quantitative estimate of drug-likeness (QED) is 0.254. The van der Waals surface area contributed by atoms with Crippen molar-refractivity contribution in [3.8, 4) is 0 Å². The topological polar surface area (TPSA) is 139 Å². The summed E-state index contributed by atoms with van der Waals surface area (Å²) < 4.78 is -1.15. The zero-order valence-corrected chi connectivity index (χ0v) is 25.7. The summed E-state index contributed by atoms with van der Waals surface area (Å²) in [6.07, 6.45) is 8.46. The van der Waals surface area contributed by atoms with Gasteiger partial charge in [-0.05, 0) is 55.1 Å². The van der Waals surface area contributed by atoms with E-state index in [4.69, 9.17) is 28.9 Å². The number of urea groups is 1. The van der Waals surface area contributed by atoms with Gasteiger partial charge in [0.25, 0.3) is 5.91 Å². The van der Waals surface area contributed by atoms with Crippen molar-refractivity contribution < 1.29 is 24.0 Å². The van der Waals surface area contributed by atoms with Crippen LogP contribution in [-0.4, -0.2) is 63.3 Å². The fourth-order valence-corrected chi connectivity index (χ4v) is 8.64. The van der Waals surface area contributed by atoms with Gasteiger partial charge < -0.3 is 21.3 Å². The van der Waals surface area contributed by atoms with E-state index in [1.165, 1.54) is 4.90 Å². The lowest BCUT2D eigenvalue weighted by Gasteiger charge is -2.35. The summed E-state index contributed by atoms with van der Waals surface area (Å²) in [4.78, 5) is 67.6. The number of nitrogens with two attached hydrogens (primary N) is 1. The van der Waals surface area contributed by atoms with Crippen molar-refractivity contribution in [3.63, 3.8) is 0 Å². The number of nitrogens with zero attached hydrogens (tertiary/aromatic N) is 1. The highest BCUT2D eigenvalue weighted by Crippen LogP contribution is 2.65. The highest BCUT2D eigenvalue weighted by Gasteiger charge is 2.73. The number of Topliss-reactive ketones (excluding diaryl/α,β-unsaturated/α-hetero) is 2. The molecule has 9 nitrogen and oxygen atoms in total. The third-order valence-electron chi connectivity index (χ3n) is 10.4. The minimum absolute atomic E-state index is 0.0679. The van der Waals surface area contributed by atoms with E-state index in [0.29, 0.717) is 19.3 Å². The summed E-state index contributed by atoms with van der Waals surface area (Å²) in [5.41, 5.74) is 7.61. The lowest BCUT2D eigenvalue weighted by molar-refractivity contribution is -0.143. The molecule has 5 atom stereocenters. The maximum absolute atomic E-state index is 14.4. The van der Waals surface area contributed by atoms with Gasteiger partial charge >= 0.3 is 6.03 Å². The van der Waals surface area contributed by atoms with Crippen molar-refractivity contribution in [1.82, 2.24) is 15.5 Å². The molecule has 232 valence electrons. The standard InChI is InChI=1S/C32H40Cl2N4O5/c33-32(34)23-16-38(27(25(23)32)24(39)15-21(12-17-10-11-17)28(40)29(35)41)30(42)26(20-13-18-6-4-5-7-19(18)14-20)37-31(43)36-22-8-2-1-3-9-22/h4-7,17,20-23,25-27H,1-3,8-16H2,(H2,35,41)(H2,36,37,43)/t21?,23-,25-,26-,27+/m0/s1. The van der Waals surface area contributed by atoms with E-state index < -0.39 is 39.9 Å². The van der Waals surface area contributed by atoms with Gasteiger partial charge in [-0.1, -0.05) is 56.4 Å². The Morgan fingerprint density at radius 1 is 0.977 bits per heavy atom. The molecular weight excluding hydrogens is 591 g/mol. The van der Waals surface area contributed by atoms with Crippen LogP contribution in [0, 0.1) is 29.6 Å². The van der Waals surface area contributed by atoms with Gasteiger partial charge in [0.2, 0.25) is 11.7 Å². The molecule has 1 unspecified atom stereocenters. The molecular formula is C32H40Cl2N4O5. The monoisotopic (exact) mass is 630 g/mol. The molecule has 0 aromatic heterocycles. The predicted molar refractivity (Wildman–Crippen MR) is 161 cm³/mol. The Kier molecular flexibility index (Phi) is 8.50. The van der Waals surface area contributed by atoms with Crippen molar-refractivity contribution >= 4 is 52.6 Å². The fraction of sp³-hybridized carbons (Fsp3) is 0.656. The van der Waals surface area contributed by atoms with Crippen LogP contribution in [0.4, 0.5) is 4.79 Å². The molecule has 4 fully saturated rings. The summed E-state index contributed by atoms with van der Waals surface area (Å²) >= 11 is 13.2. The maximum Gasteiger partial charge on any atom is 0.315 e. The van der Waals surface area contributed by atoms with Gasteiger partial charge in [-0.2, -0.15) is 0 Å². The molecule has 1 heterocycles. The summed E-state index contributed by atoms with van der Waals surface area (Å²) in [5.74, 6) is -3.99. The average molecular weight is 632 g/mol. The molecule has 43 heavy (non-hydrogen) atoms. The number of hydrogen-bond donors (Lipinski definition) is 3. The summed E-state index contributed by atoms with van der Waals surface area (Å²) in [7, 11) is 0. The van der Waals surface area contributed by atoms with Crippen LogP contribution in [0.1, 0.15) is 68.9 Å². The Morgan fingerprint density at radius 3 is 2.23 bits per heavy atom. The number of hydrogen-bond acceptors (Lipinski definition) is 5. The first-order valence-electron chi connectivity index (χ1n) is 15.7. The SMILES string of the molecule is NC(=O)C(=O)C(CC(=O)[C@@H]1[C@@H]2[C@H](CN1C(=O)[C@@H](NC(=O)NC1CCCCC1)C1Cc3ccccc3C1)C2(Cl)Cl)CC1CC1. The summed E-state index contributed by atoms with van der Waals surface area (Å²) in [5, 5.41) is 6.07. The van der Waals surface area contributed by atoms with Crippen LogP contribution in [0.2, 0.25) is 0 Å². The van der Waals surface area contributed by atoms with E-state index in [0.717, 1.165) is 56.1 Å². The number of halogens is 2. The van der Waals surface area contributed by atoms with Crippen LogP contribution < -0.4 is 16.4 Å². The van der Waals surface area contributed by atoms with Crippen LogP contribution in [0.25, 0.3) is 0 Å². The summed E-state index contributed by atoms with van der Waals surface area (Å²) in [6.45, 7) is 0.187. The third-order valence-corrected chi connectivity index (χ3v) is 11.4. The number of primary amides is 1. The number of alkyl halides is 2. The first kappa shape index (κ1) is 30.4. The Bertz CT molecular complexity index is 1290. The number of nitrogens with one attached hydrogen (secondary N) is 2. The highest BCUT2D eigenvalue weighted by atomic mass is 35.5. The molecule has 1 aromatic carbocycles. The molecule has 6 rings (SSSR count). The summed E-state index contributed by atoms with van der Waals surface area (Å²) in [6, 6.07) is 5.91. The smallest absolute Gasteiger partial charge is 0.315 e. The molecule has 4 aliphatic carbocycles. The number of carbonyl (C=O) groups excluding carboxylic acids is 5. The Labute approximate surface area is 262 Å². The first-order valence-corrected chi connectivity index (χ1v) is 16.5. The Hall–Kier alpha value is -2.65. The van der Waals surface area contributed by atoms with Gasteiger partial charge in [0.1, 0.15) is 10.4 Å². The molecule has 0 bridgehead atoms. The first-order chi connectivity index (χ1) is 20.5. The van der Waals surface area contributed by atoms with Crippen molar-refractivity contribution in [1.29, 1.82) is 0 Å². The van der Waals surface area contributed by atoms with Gasteiger partial charge in [-0.3, -0.25) is 19.2 Å². The fourth-order valence-electron chi connectivity index (χ4n) is 7.81. The molecule has 4 N–H and O–H groups in total. The van der Waals surface area contributed by atoms with Gasteiger partial charge in [-0.15, -0.1) is 23.2 Å². The van der Waals surface area contributed by atoms with Gasteiger partial charge in [0.15, 0.2) is 5.78 Å². The largest absolute Gasteiger partial charge is 0.363 e. The van der Waals surface area contributed by atoms with Crippen LogP contribution in [-0.2, 0) is 32.0 Å². The molecule has 1 saturated heterocycles. The Morgan fingerprint density at radius 2 is 1.63 bits per heavy atom. The van der Waals surface area contributed by atoms with E-state index in [1.807, 2.05) is 24.3 Å². The second-order valence-corrected chi connectivity index (χ2v) is 14.8. The minimum atomic E-state index is -1.15. The number of amides is 4. The van der Waals surface area contributed by atoms with Crippen molar-refractivity contribution in [2.45, 2.75) is 93.1 Å². The van der Waals surface area contributed by atoms with Gasteiger partial charge in [-0.25, -0.2) is 4.79 Å². The molecule has 4 amide bonds. The number of rotatable bonds is 11. The molecule has 1 aliphatic heterocycles. The van der Waals surface area contributed by atoms with Crippen LogP contribution in [0.3, 0.4) is 0 Å².